The number of esters is 1. The number of carbonyl (C=O) groups excluding carboxylic acids is 1. The first-order chi connectivity index (χ1) is 9.51. The Bertz CT molecular complexity index is 643. The lowest BCUT2D eigenvalue weighted by atomic mass is 10.2. The molecule has 0 radical (unpaired) electrons. The van der Waals surface area contributed by atoms with E-state index >= 15 is 0 Å². The molecule has 106 valence electrons. The van der Waals surface area contributed by atoms with Gasteiger partial charge in [-0.05, 0) is 40.5 Å². The van der Waals surface area contributed by atoms with Gasteiger partial charge in [-0.3, -0.25) is 4.68 Å². The summed E-state index contributed by atoms with van der Waals surface area (Å²) in [6, 6.07) is 4.65. The van der Waals surface area contributed by atoms with E-state index in [1.807, 2.05) is 0 Å². The first-order valence-electron chi connectivity index (χ1n) is 5.95. The van der Waals surface area contributed by atoms with E-state index in [9.17, 15) is 9.18 Å². The number of hydrogen-bond acceptors (Lipinski definition) is 4. The Labute approximate surface area is 123 Å². The minimum Gasteiger partial charge on any atom is -0.461 e. The Balaban J connectivity index is 2.20. The molecule has 1 aromatic carbocycles. The van der Waals surface area contributed by atoms with Crippen molar-refractivity contribution in [3.8, 4) is 0 Å². The molecule has 0 amide bonds. The largest absolute Gasteiger partial charge is 0.461 e. The Hall–Kier alpha value is -1.89. The van der Waals surface area contributed by atoms with Crippen LogP contribution in [0.2, 0.25) is 0 Å². The third-order valence-corrected chi connectivity index (χ3v) is 3.20. The number of ether oxygens (including phenoxy) is 1. The normalized spacial score (nSPS) is 10.6. The number of benzene rings is 1. The van der Waals surface area contributed by atoms with Gasteiger partial charge in [0.05, 0.1) is 23.3 Å². The van der Waals surface area contributed by atoms with Crippen LogP contribution in [0.15, 0.2) is 28.9 Å². The molecule has 0 aliphatic rings. The fourth-order valence-electron chi connectivity index (χ4n) is 1.70. The maximum Gasteiger partial charge on any atom is 0.361 e. The molecule has 0 spiro atoms. The lowest BCUT2D eigenvalue weighted by Crippen LogP contribution is -2.09. The van der Waals surface area contributed by atoms with Crippen molar-refractivity contribution in [2.45, 2.75) is 13.5 Å². The van der Waals surface area contributed by atoms with E-state index in [0.717, 1.165) is 5.56 Å². The third-order valence-electron chi connectivity index (χ3n) is 2.59. The summed E-state index contributed by atoms with van der Waals surface area (Å²) < 4.78 is 19.9. The zero-order valence-corrected chi connectivity index (χ0v) is 12.4. The van der Waals surface area contributed by atoms with Gasteiger partial charge in [-0.15, -0.1) is 0 Å². The van der Waals surface area contributed by atoms with Crippen LogP contribution in [0, 0.1) is 5.82 Å². The standard InChI is InChI=1S/C13H13BrFN3O2/c1-2-20-13(19)12-11(16)7-18(17-12)6-8-3-4-10(15)9(14)5-8/h3-5,7H,2,6,16H2,1H3. The molecule has 0 aliphatic carbocycles. The fourth-order valence-corrected chi connectivity index (χ4v) is 2.13. The average molecular weight is 342 g/mol. The number of carbonyl (C=O) groups is 1. The molecule has 5 nitrogen and oxygen atoms in total. The predicted molar refractivity (Wildman–Crippen MR) is 75.8 cm³/mol. The van der Waals surface area contributed by atoms with E-state index in [1.54, 1.807) is 25.3 Å². The van der Waals surface area contributed by atoms with Gasteiger partial charge in [0.15, 0.2) is 5.69 Å². The van der Waals surface area contributed by atoms with Gasteiger partial charge in [0.2, 0.25) is 0 Å². The van der Waals surface area contributed by atoms with Crippen LogP contribution in [-0.4, -0.2) is 22.4 Å². The molecular weight excluding hydrogens is 329 g/mol. The van der Waals surface area contributed by atoms with Crippen LogP contribution in [0.4, 0.5) is 10.1 Å². The zero-order chi connectivity index (χ0) is 14.7. The molecule has 0 atom stereocenters. The molecule has 2 rings (SSSR count). The molecule has 2 N–H and O–H groups in total. The molecule has 1 aromatic heterocycles. The van der Waals surface area contributed by atoms with E-state index in [4.69, 9.17) is 10.5 Å². The zero-order valence-electron chi connectivity index (χ0n) is 10.8. The van der Waals surface area contributed by atoms with Gasteiger partial charge in [0, 0.05) is 6.20 Å². The monoisotopic (exact) mass is 341 g/mol. The molecule has 7 heteroatoms. The third kappa shape index (κ3) is 3.16. The van der Waals surface area contributed by atoms with Crippen molar-refractivity contribution in [3.63, 3.8) is 0 Å². The van der Waals surface area contributed by atoms with Crippen molar-refractivity contribution in [1.29, 1.82) is 0 Å². The summed E-state index contributed by atoms with van der Waals surface area (Å²) in [5, 5.41) is 4.08. The summed E-state index contributed by atoms with van der Waals surface area (Å²) in [5.41, 5.74) is 6.90. The summed E-state index contributed by atoms with van der Waals surface area (Å²) in [6.45, 7) is 2.35. The van der Waals surface area contributed by atoms with Crippen LogP contribution in [0.25, 0.3) is 0 Å². The van der Waals surface area contributed by atoms with Crippen LogP contribution in [0.5, 0.6) is 0 Å². The molecular formula is C13H13BrFN3O2. The van der Waals surface area contributed by atoms with Crippen LogP contribution >= 0.6 is 15.9 Å². The van der Waals surface area contributed by atoms with Crippen LogP contribution in [0.3, 0.4) is 0 Å². The SMILES string of the molecule is CCOC(=O)c1nn(Cc2ccc(F)c(Br)c2)cc1N. The molecule has 2 aromatic rings. The summed E-state index contributed by atoms with van der Waals surface area (Å²) in [7, 11) is 0. The van der Waals surface area contributed by atoms with E-state index < -0.39 is 5.97 Å². The van der Waals surface area contributed by atoms with Gasteiger partial charge in [0.25, 0.3) is 0 Å². The topological polar surface area (TPSA) is 70.1 Å². The van der Waals surface area contributed by atoms with Gasteiger partial charge in [-0.2, -0.15) is 5.10 Å². The Morgan fingerprint density at radius 2 is 2.30 bits per heavy atom. The second-order valence-electron chi connectivity index (χ2n) is 4.10. The van der Waals surface area contributed by atoms with Gasteiger partial charge < -0.3 is 10.5 Å². The maximum absolute atomic E-state index is 13.1. The smallest absolute Gasteiger partial charge is 0.361 e. The highest BCUT2D eigenvalue weighted by atomic mass is 79.9. The second kappa shape index (κ2) is 6.04. The summed E-state index contributed by atoms with van der Waals surface area (Å²) in [5.74, 6) is -0.884. The Morgan fingerprint density at radius 3 is 2.95 bits per heavy atom. The van der Waals surface area contributed by atoms with Gasteiger partial charge >= 0.3 is 5.97 Å². The minimum atomic E-state index is -0.552. The van der Waals surface area contributed by atoms with Crippen molar-refractivity contribution in [2.24, 2.45) is 0 Å². The molecule has 0 fully saturated rings. The van der Waals surface area contributed by atoms with Gasteiger partial charge in [-0.1, -0.05) is 6.07 Å². The van der Waals surface area contributed by atoms with Crippen molar-refractivity contribution >= 4 is 27.6 Å². The highest BCUT2D eigenvalue weighted by molar-refractivity contribution is 9.10. The number of nitrogens with zero attached hydrogens (tertiary/aromatic N) is 2. The quantitative estimate of drug-likeness (QED) is 0.867. The first kappa shape index (κ1) is 14.5. The number of rotatable bonds is 4. The molecule has 0 saturated heterocycles. The summed E-state index contributed by atoms with van der Waals surface area (Å²) in [4.78, 5) is 11.6. The van der Waals surface area contributed by atoms with Crippen molar-refractivity contribution in [2.75, 3.05) is 12.3 Å². The average Bonchev–Trinajstić information content (AvgIpc) is 2.75. The highest BCUT2D eigenvalue weighted by Crippen LogP contribution is 2.18. The molecule has 1 heterocycles. The Kier molecular flexibility index (Phi) is 4.39. The lowest BCUT2D eigenvalue weighted by Gasteiger charge is -2.03. The number of halogens is 2. The fraction of sp³-hybridized carbons (Fsp3) is 0.231. The van der Waals surface area contributed by atoms with Gasteiger partial charge in [0.1, 0.15) is 5.82 Å². The number of aromatic nitrogens is 2. The molecule has 0 unspecified atom stereocenters. The van der Waals surface area contributed by atoms with Crippen molar-refractivity contribution < 1.29 is 13.9 Å². The van der Waals surface area contributed by atoms with Crippen molar-refractivity contribution in [3.05, 3.63) is 45.9 Å². The van der Waals surface area contributed by atoms with E-state index in [2.05, 4.69) is 21.0 Å². The maximum atomic E-state index is 13.1. The number of nitrogen functional groups attached to an aromatic ring is 1. The summed E-state index contributed by atoms with van der Waals surface area (Å²) in [6.07, 6.45) is 1.55. The van der Waals surface area contributed by atoms with E-state index in [0.29, 0.717) is 11.0 Å². The molecule has 20 heavy (non-hydrogen) atoms. The predicted octanol–water partition coefficient (Wildman–Crippen LogP) is 2.59. The Morgan fingerprint density at radius 1 is 1.55 bits per heavy atom. The first-order valence-corrected chi connectivity index (χ1v) is 6.74. The molecule has 0 saturated carbocycles. The lowest BCUT2D eigenvalue weighted by molar-refractivity contribution is 0.0519. The van der Waals surface area contributed by atoms with Crippen LogP contribution in [-0.2, 0) is 11.3 Å². The van der Waals surface area contributed by atoms with Crippen LogP contribution < -0.4 is 5.73 Å². The van der Waals surface area contributed by atoms with E-state index in [1.165, 1.54) is 10.7 Å². The number of anilines is 1. The van der Waals surface area contributed by atoms with E-state index in [-0.39, 0.29) is 23.8 Å². The molecule has 0 aliphatic heterocycles. The minimum absolute atomic E-state index is 0.0908. The summed E-state index contributed by atoms with van der Waals surface area (Å²) >= 11 is 3.12. The highest BCUT2D eigenvalue weighted by Gasteiger charge is 2.16. The molecule has 0 bridgehead atoms. The van der Waals surface area contributed by atoms with Crippen molar-refractivity contribution in [1.82, 2.24) is 9.78 Å². The van der Waals surface area contributed by atoms with Gasteiger partial charge in [-0.25, -0.2) is 9.18 Å². The second-order valence-corrected chi connectivity index (χ2v) is 4.95. The number of hydrogen-bond donors (Lipinski definition) is 1. The number of nitrogens with two attached hydrogens (primary N) is 1. The van der Waals surface area contributed by atoms with Crippen LogP contribution in [0.1, 0.15) is 23.0 Å².